The van der Waals surface area contributed by atoms with Crippen LogP contribution < -0.4 is 0 Å². The van der Waals surface area contributed by atoms with E-state index in [0.29, 0.717) is 0 Å². The minimum absolute atomic E-state index is 0.142. The van der Waals surface area contributed by atoms with Crippen molar-refractivity contribution in [1.29, 1.82) is 0 Å². The van der Waals surface area contributed by atoms with Crippen molar-refractivity contribution in [3.63, 3.8) is 0 Å². The van der Waals surface area contributed by atoms with Crippen molar-refractivity contribution >= 4 is 5.97 Å². The Kier molecular flexibility index (Phi) is 2.06. The molecule has 14 heavy (non-hydrogen) atoms. The maximum atomic E-state index is 10.7. The molecular formula is C12H14O2. The monoisotopic (exact) mass is 190 g/mol. The summed E-state index contributed by atoms with van der Waals surface area (Å²) in [6, 6.07) is 6.24. The molecule has 1 saturated carbocycles. The van der Waals surface area contributed by atoms with Crippen molar-refractivity contribution in [3.05, 3.63) is 34.9 Å². The number of benzene rings is 1. The predicted molar refractivity (Wildman–Crippen MR) is 54.4 cm³/mol. The van der Waals surface area contributed by atoms with E-state index >= 15 is 0 Å². The van der Waals surface area contributed by atoms with E-state index in [9.17, 15) is 4.79 Å². The fourth-order valence-electron chi connectivity index (χ4n) is 1.83. The zero-order valence-corrected chi connectivity index (χ0v) is 8.45. The predicted octanol–water partition coefficient (Wildman–Crippen LogP) is 2.49. The van der Waals surface area contributed by atoms with Gasteiger partial charge in [-0.3, -0.25) is 4.79 Å². The number of carbonyl (C=O) groups is 1. The second kappa shape index (κ2) is 3.12. The molecule has 2 atom stereocenters. The second-order valence-corrected chi connectivity index (χ2v) is 4.13. The summed E-state index contributed by atoms with van der Waals surface area (Å²) in [6.45, 7) is 4.14. The third kappa shape index (κ3) is 1.52. The first kappa shape index (κ1) is 9.25. The highest BCUT2D eigenvalue weighted by Crippen LogP contribution is 2.47. The Hall–Kier alpha value is -1.31. The number of hydrogen-bond acceptors (Lipinski definition) is 1. The van der Waals surface area contributed by atoms with E-state index in [4.69, 9.17) is 5.11 Å². The summed E-state index contributed by atoms with van der Waals surface area (Å²) in [4.78, 5) is 10.7. The van der Waals surface area contributed by atoms with Gasteiger partial charge in [0.1, 0.15) is 0 Å². The topological polar surface area (TPSA) is 37.3 Å². The quantitative estimate of drug-likeness (QED) is 0.778. The van der Waals surface area contributed by atoms with Crippen LogP contribution in [0.1, 0.15) is 29.0 Å². The lowest BCUT2D eigenvalue weighted by Gasteiger charge is -2.03. The average molecular weight is 190 g/mol. The van der Waals surface area contributed by atoms with Crippen molar-refractivity contribution in [2.24, 2.45) is 5.92 Å². The molecule has 0 unspecified atom stereocenters. The molecule has 1 aliphatic carbocycles. The largest absolute Gasteiger partial charge is 0.481 e. The summed E-state index contributed by atoms with van der Waals surface area (Å²) in [5.74, 6) is -0.544. The molecule has 1 aromatic rings. The van der Waals surface area contributed by atoms with Crippen molar-refractivity contribution < 1.29 is 9.90 Å². The molecule has 0 amide bonds. The molecule has 74 valence electrons. The summed E-state index contributed by atoms with van der Waals surface area (Å²) >= 11 is 0. The molecule has 0 aliphatic heterocycles. The minimum Gasteiger partial charge on any atom is -0.481 e. The molecule has 1 aromatic carbocycles. The van der Waals surface area contributed by atoms with Gasteiger partial charge < -0.3 is 5.11 Å². The zero-order valence-electron chi connectivity index (χ0n) is 8.45. The molecule has 0 bridgehead atoms. The van der Waals surface area contributed by atoms with Crippen LogP contribution >= 0.6 is 0 Å². The van der Waals surface area contributed by atoms with Crippen LogP contribution in [0.25, 0.3) is 0 Å². The Morgan fingerprint density at radius 2 is 2.07 bits per heavy atom. The van der Waals surface area contributed by atoms with Gasteiger partial charge in [-0.1, -0.05) is 18.2 Å². The van der Waals surface area contributed by atoms with Crippen LogP contribution in [0.5, 0.6) is 0 Å². The lowest BCUT2D eigenvalue weighted by atomic mass is 10.0. The van der Waals surface area contributed by atoms with Crippen LogP contribution in [-0.2, 0) is 4.79 Å². The van der Waals surface area contributed by atoms with Crippen LogP contribution in [0.15, 0.2) is 18.2 Å². The Bertz CT molecular complexity index is 382. The van der Waals surface area contributed by atoms with Gasteiger partial charge in [0, 0.05) is 0 Å². The smallest absolute Gasteiger partial charge is 0.307 e. The summed E-state index contributed by atoms with van der Waals surface area (Å²) in [7, 11) is 0. The molecule has 1 aliphatic rings. The Morgan fingerprint density at radius 3 is 2.57 bits per heavy atom. The average Bonchev–Trinajstić information content (AvgIpc) is 2.89. The van der Waals surface area contributed by atoms with Crippen molar-refractivity contribution in [3.8, 4) is 0 Å². The minimum atomic E-state index is -0.659. The molecule has 1 fully saturated rings. The number of carboxylic acid groups (broad SMARTS) is 1. The molecule has 0 aromatic heterocycles. The molecule has 0 heterocycles. The van der Waals surface area contributed by atoms with Crippen molar-refractivity contribution in [2.45, 2.75) is 26.2 Å². The van der Waals surface area contributed by atoms with Gasteiger partial charge in [0.2, 0.25) is 0 Å². The highest BCUT2D eigenvalue weighted by molar-refractivity contribution is 5.75. The first-order chi connectivity index (χ1) is 6.59. The summed E-state index contributed by atoms with van der Waals surface area (Å²) in [5, 5.41) is 8.81. The van der Waals surface area contributed by atoms with Gasteiger partial charge in [-0.2, -0.15) is 0 Å². The van der Waals surface area contributed by atoms with E-state index in [1.807, 2.05) is 0 Å². The Balaban J connectivity index is 2.20. The van der Waals surface area contributed by atoms with Crippen LogP contribution in [0.4, 0.5) is 0 Å². The molecular weight excluding hydrogens is 176 g/mol. The summed E-state index contributed by atoms with van der Waals surface area (Å²) in [6.07, 6.45) is 0.803. The van der Waals surface area contributed by atoms with E-state index in [1.165, 1.54) is 16.7 Å². The maximum absolute atomic E-state index is 10.7. The van der Waals surface area contributed by atoms with E-state index in [1.54, 1.807) is 0 Å². The fourth-order valence-corrected chi connectivity index (χ4v) is 1.83. The number of aliphatic carboxylic acids is 1. The van der Waals surface area contributed by atoms with E-state index < -0.39 is 5.97 Å². The van der Waals surface area contributed by atoms with Gasteiger partial charge in [-0.25, -0.2) is 0 Å². The second-order valence-electron chi connectivity index (χ2n) is 4.13. The maximum Gasteiger partial charge on any atom is 0.307 e. The lowest BCUT2D eigenvalue weighted by Crippen LogP contribution is -1.99. The van der Waals surface area contributed by atoms with E-state index in [2.05, 4.69) is 32.0 Å². The van der Waals surface area contributed by atoms with Crippen molar-refractivity contribution in [1.82, 2.24) is 0 Å². The van der Waals surface area contributed by atoms with Gasteiger partial charge in [0.25, 0.3) is 0 Å². The first-order valence-corrected chi connectivity index (χ1v) is 4.89. The van der Waals surface area contributed by atoms with Crippen LogP contribution in [0.3, 0.4) is 0 Å². The summed E-state index contributed by atoms with van der Waals surface area (Å²) in [5.41, 5.74) is 3.69. The fraction of sp³-hybridized carbons (Fsp3) is 0.417. The van der Waals surface area contributed by atoms with Crippen molar-refractivity contribution in [2.75, 3.05) is 0 Å². The van der Waals surface area contributed by atoms with E-state index in [0.717, 1.165) is 6.42 Å². The molecule has 2 rings (SSSR count). The van der Waals surface area contributed by atoms with Gasteiger partial charge in [0.05, 0.1) is 5.92 Å². The Morgan fingerprint density at radius 1 is 1.36 bits per heavy atom. The standard InChI is InChI=1S/C12H14O2/c1-7-3-4-9(5-8(7)2)10-6-11(10)12(13)14/h3-5,10-11H,6H2,1-2H3,(H,13,14)/t10-,11-/m1/s1. The molecule has 0 radical (unpaired) electrons. The lowest BCUT2D eigenvalue weighted by molar-refractivity contribution is -0.138. The van der Waals surface area contributed by atoms with Gasteiger partial charge >= 0.3 is 5.97 Å². The Labute approximate surface area is 83.6 Å². The van der Waals surface area contributed by atoms with E-state index in [-0.39, 0.29) is 11.8 Å². The molecule has 1 N–H and O–H groups in total. The normalized spacial score (nSPS) is 24.7. The highest BCUT2D eigenvalue weighted by Gasteiger charge is 2.44. The molecule has 2 nitrogen and oxygen atoms in total. The third-order valence-corrected chi connectivity index (χ3v) is 3.07. The zero-order chi connectivity index (χ0) is 10.3. The van der Waals surface area contributed by atoms with Crippen LogP contribution in [-0.4, -0.2) is 11.1 Å². The number of aryl methyl sites for hydroxylation is 2. The highest BCUT2D eigenvalue weighted by atomic mass is 16.4. The number of hydrogen-bond donors (Lipinski definition) is 1. The van der Waals surface area contributed by atoms with Gasteiger partial charge in [0.15, 0.2) is 0 Å². The number of rotatable bonds is 2. The summed E-state index contributed by atoms with van der Waals surface area (Å²) < 4.78 is 0. The third-order valence-electron chi connectivity index (χ3n) is 3.07. The SMILES string of the molecule is Cc1ccc([C@H]2C[C@H]2C(=O)O)cc1C. The van der Waals surface area contributed by atoms with Crippen LogP contribution in [0, 0.1) is 19.8 Å². The molecule has 0 spiro atoms. The van der Waals surface area contributed by atoms with Gasteiger partial charge in [-0.15, -0.1) is 0 Å². The van der Waals surface area contributed by atoms with Gasteiger partial charge in [-0.05, 0) is 42.9 Å². The molecule has 2 heteroatoms. The number of carboxylic acids is 1. The van der Waals surface area contributed by atoms with Crippen LogP contribution in [0.2, 0.25) is 0 Å². The first-order valence-electron chi connectivity index (χ1n) is 4.89. The molecule has 0 saturated heterocycles.